The van der Waals surface area contributed by atoms with Gasteiger partial charge in [0.15, 0.2) is 9.84 Å². The van der Waals surface area contributed by atoms with Gasteiger partial charge in [0.25, 0.3) is 5.91 Å². The lowest BCUT2D eigenvalue weighted by Gasteiger charge is -2.21. The maximum Gasteiger partial charge on any atom is 0.327 e. The second-order valence-corrected chi connectivity index (χ2v) is 9.08. The molecule has 130 valence electrons. The number of hydrogen-bond acceptors (Lipinski definition) is 4. The minimum atomic E-state index is -3.16. The summed E-state index contributed by atoms with van der Waals surface area (Å²) in [6.45, 7) is 0.308. The van der Waals surface area contributed by atoms with Crippen LogP contribution in [0.15, 0.2) is 18.2 Å². The number of hydrogen-bond donors (Lipinski definition) is 0. The zero-order valence-electron chi connectivity index (χ0n) is 12.7. The number of rotatable bonds is 4. The summed E-state index contributed by atoms with van der Waals surface area (Å²) in [4.78, 5) is 27.1. The van der Waals surface area contributed by atoms with Gasteiger partial charge in [-0.2, -0.15) is 0 Å². The maximum atomic E-state index is 12.5. The number of benzene rings is 1. The first-order chi connectivity index (χ1) is 11.3. The minimum absolute atomic E-state index is 0.0229. The first-order valence-corrected chi connectivity index (χ1v) is 10.1. The number of amides is 3. The summed E-state index contributed by atoms with van der Waals surface area (Å²) in [6, 6.07) is 4.17. The molecular formula is C15H16Cl2N2O4S. The molecule has 0 saturated carbocycles. The molecule has 0 N–H and O–H groups in total. The molecule has 2 aliphatic heterocycles. The maximum absolute atomic E-state index is 12.5. The van der Waals surface area contributed by atoms with Crippen LogP contribution in [-0.4, -0.2) is 60.8 Å². The van der Waals surface area contributed by atoms with Gasteiger partial charge in [0, 0.05) is 16.6 Å². The quantitative estimate of drug-likeness (QED) is 0.736. The van der Waals surface area contributed by atoms with Crippen LogP contribution < -0.4 is 0 Å². The molecule has 1 atom stereocenters. The van der Waals surface area contributed by atoms with Crippen LogP contribution in [0.5, 0.6) is 0 Å². The normalized spacial score (nSPS) is 23.3. The Bertz CT molecular complexity index is 797. The van der Waals surface area contributed by atoms with Crippen LogP contribution >= 0.6 is 23.2 Å². The first-order valence-electron chi connectivity index (χ1n) is 7.52. The van der Waals surface area contributed by atoms with E-state index in [0.717, 1.165) is 10.5 Å². The van der Waals surface area contributed by atoms with E-state index in [4.69, 9.17) is 23.2 Å². The van der Waals surface area contributed by atoms with Gasteiger partial charge in [-0.1, -0.05) is 29.3 Å². The topological polar surface area (TPSA) is 74.8 Å². The van der Waals surface area contributed by atoms with Crippen molar-refractivity contribution >= 4 is 45.0 Å². The van der Waals surface area contributed by atoms with Crippen LogP contribution in [0, 0.1) is 0 Å². The average Bonchev–Trinajstić information content (AvgIpc) is 2.97. The number of urea groups is 1. The molecule has 24 heavy (non-hydrogen) atoms. The fourth-order valence-electron chi connectivity index (χ4n) is 3.06. The van der Waals surface area contributed by atoms with Crippen LogP contribution in [-0.2, 0) is 21.1 Å². The molecule has 1 aromatic rings. The number of carbonyl (C=O) groups excluding carboxylic acids is 2. The molecule has 3 amide bonds. The fourth-order valence-corrected chi connectivity index (χ4v) is 5.26. The van der Waals surface area contributed by atoms with Gasteiger partial charge in [-0.25, -0.2) is 13.2 Å². The second-order valence-electron chi connectivity index (χ2n) is 6.01. The molecule has 6 nitrogen and oxygen atoms in total. The van der Waals surface area contributed by atoms with E-state index in [1.165, 1.54) is 4.90 Å². The van der Waals surface area contributed by atoms with Crippen molar-refractivity contribution in [2.75, 3.05) is 24.6 Å². The van der Waals surface area contributed by atoms with Crippen molar-refractivity contribution in [3.8, 4) is 0 Å². The first kappa shape index (κ1) is 17.5. The molecule has 0 bridgehead atoms. The van der Waals surface area contributed by atoms with Crippen LogP contribution in [0.4, 0.5) is 4.79 Å². The number of sulfone groups is 1. The molecule has 2 heterocycles. The Balaban J connectivity index is 1.66. The van der Waals surface area contributed by atoms with Crippen molar-refractivity contribution in [3.63, 3.8) is 0 Å². The highest BCUT2D eigenvalue weighted by atomic mass is 35.5. The van der Waals surface area contributed by atoms with Crippen molar-refractivity contribution in [1.82, 2.24) is 9.80 Å². The van der Waals surface area contributed by atoms with Crippen molar-refractivity contribution in [1.29, 1.82) is 0 Å². The van der Waals surface area contributed by atoms with Crippen molar-refractivity contribution in [2.24, 2.45) is 0 Å². The Morgan fingerprint density at radius 3 is 2.58 bits per heavy atom. The Kier molecular flexibility index (Phi) is 4.77. The van der Waals surface area contributed by atoms with E-state index in [-0.39, 0.29) is 24.0 Å². The van der Waals surface area contributed by atoms with Gasteiger partial charge in [0.1, 0.15) is 6.54 Å². The smallest absolute Gasteiger partial charge is 0.315 e. The van der Waals surface area contributed by atoms with Gasteiger partial charge in [0.2, 0.25) is 0 Å². The summed E-state index contributed by atoms with van der Waals surface area (Å²) in [5.74, 6) is -0.458. The van der Waals surface area contributed by atoms with E-state index in [0.29, 0.717) is 29.4 Å². The molecule has 2 fully saturated rings. The average molecular weight is 391 g/mol. The van der Waals surface area contributed by atoms with Gasteiger partial charge in [0.05, 0.1) is 17.5 Å². The summed E-state index contributed by atoms with van der Waals surface area (Å²) < 4.78 is 23.2. The molecule has 2 saturated heterocycles. The lowest BCUT2D eigenvalue weighted by Crippen LogP contribution is -2.42. The highest BCUT2D eigenvalue weighted by molar-refractivity contribution is 7.91. The minimum Gasteiger partial charge on any atom is -0.315 e. The fraction of sp³-hybridized carbons (Fsp3) is 0.467. The summed E-state index contributed by atoms with van der Waals surface area (Å²) >= 11 is 12.0. The molecule has 0 aliphatic carbocycles. The predicted molar refractivity (Wildman–Crippen MR) is 91.0 cm³/mol. The van der Waals surface area contributed by atoms with E-state index < -0.39 is 21.9 Å². The Labute approximate surface area is 150 Å². The van der Waals surface area contributed by atoms with Crippen LogP contribution in [0.25, 0.3) is 0 Å². The predicted octanol–water partition coefficient (Wildman–Crippen LogP) is 1.99. The van der Waals surface area contributed by atoms with Gasteiger partial charge in [-0.05, 0) is 30.5 Å². The third kappa shape index (κ3) is 3.53. The number of halogens is 2. The monoisotopic (exact) mass is 390 g/mol. The van der Waals surface area contributed by atoms with E-state index in [9.17, 15) is 18.0 Å². The van der Waals surface area contributed by atoms with Crippen molar-refractivity contribution in [3.05, 3.63) is 33.8 Å². The van der Waals surface area contributed by atoms with E-state index in [2.05, 4.69) is 0 Å². The lowest BCUT2D eigenvalue weighted by atomic mass is 10.1. The molecule has 2 aliphatic rings. The third-order valence-electron chi connectivity index (χ3n) is 4.31. The van der Waals surface area contributed by atoms with E-state index in [1.807, 2.05) is 0 Å². The standard InChI is InChI=1S/C15H16Cl2N2O4S/c16-11-2-1-10(13(17)7-11)3-5-18-8-14(20)19(15(18)21)12-4-6-24(22,23)9-12/h1-2,7,12H,3-6,8-9H2. The largest absolute Gasteiger partial charge is 0.327 e. The van der Waals surface area contributed by atoms with E-state index >= 15 is 0 Å². The SMILES string of the molecule is O=C1CN(CCc2ccc(Cl)cc2Cl)C(=O)N1C1CCS(=O)(=O)C1. The summed E-state index contributed by atoms with van der Waals surface area (Å²) in [5.41, 5.74) is 0.836. The molecule has 0 radical (unpaired) electrons. The highest BCUT2D eigenvalue weighted by Gasteiger charge is 2.44. The van der Waals surface area contributed by atoms with Gasteiger partial charge < -0.3 is 4.90 Å². The molecular weight excluding hydrogens is 375 g/mol. The summed E-state index contributed by atoms with van der Waals surface area (Å²) in [7, 11) is -3.16. The van der Waals surface area contributed by atoms with Crippen LogP contribution in [0.3, 0.4) is 0 Å². The molecule has 1 aromatic carbocycles. The number of carbonyl (C=O) groups is 2. The third-order valence-corrected chi connectivity index (χ3v) is 6.65. The van der Waals surface area contributed by atoms with Gasteiger partial charge in [-0.3, -0.25) is 9.69 Å². The zero-order chi connectivity index (χ0) is 17.5. The number of nitrogens with zero attached hydrogens (tertiary/aromatic N) is 2. The molecule has 0 spiro atoms. The molecule has 1 unspecified atom stereocenters. The Morgan fingerprint density at radius 2 is 1.96 bits per heavy atom. The van der Waals surface area contributed by atoms with Crippen molar-refractivity contribution in [2.45, 2.75) is 18.9 Å². The van der Waals surface area contributed by atoms with Crippen LogP contribution in [0.1, 0.15) is 12.0 Å². The Hall–Kier alpha value is -1.31. The highest BCUT2D eigenvalue weighted by Crippen LogP contribution is 2.25. The Morgan fingerprint density at radius 1 is 1.21 bits per heavy atom. The summed E-state index contributed by atoms with van der Waals surface area (Å²) in [5, 5.41) is 1.05. The van der Waals surface area contributed by atoms with Gasteiger partial charge in [-0.15, -0.1) is 0 Å². The molecule has 0 aromatic heterocycles. The molecule has 3 rings (SSSR count). The summed E-state index contributed by atoms with van der Waals surface area (Å²) in [6.07, 6.45) is 0.808. The lowest BCUT2D eigenvalue weighted by molar-refractivity contribution is -0.126. The van der Waals surface area contributed by atoms with Gasteiger partial charge >= 0.3 is 6.03 Å². The van der Waals surface area contributed by atoms with Crippen molar-refractivity contribution < 1.29 is 18.0 Å². The number of imide groups is 1. The van der Waals surface area contributed by atoms with Crippen LogP contribution in [0.2, 0.25) is 10.0 Å². The molecule has 9 heteroatoms. The van der Waals surface area contributed by atoms with E-state index in [1.54, 1.807) is 18.2 Å². The zero-order valence-corrected chi connectivity index (χ0v) is 15.1. The second kappa shape index (κ2) is 6.54.